The summed E-state index contributed by atoms with van der Waals surface area (Å²) in [6, 6.07) is 12.1. The Labute approximate surface area is 162 Å². The van der Waals surface area contributed by atoms with E-state index < -0.39 is 23.6 Å². The quantitative estimate of drug-likeness (QED) is 0.354. The molecule has 9 heteroatoms. The SMILES string of the molecule is N=C(N)NC(=O)c1cn(-c2ccnc3cc(C(F)(F)F)ccc23)c2ccccc12. The lowest BCUT2D eigenvalue weighted by Crippen LogP contribution is -2.35. The third kappa shape index (κ3) is 3.27. The van der Waals surface area contributed by atoms with Gasteiger partial charge in [-0.15, -0.1) is 0 Å². The second kappa shape index (κ2) is 6.62. The Morgan fingerprint density at radius 3 is 2.59 bits per heavy atom. The summed E-state index contributed by atoms with van der Waals surface area (Å²) in [5.74, 6) is -1.04. The number of rotatable bonds is 2. The number of guanidine groups is 1. The molecular formula is C20H14F3N5O. The summed E-state index contributed by atoms with van der Waals surface area (Å²) in [5, 5.41) is 10.6. The third-order valence-electron chi connectivity index (χ3n) is 4.51. The molecule has 4 rings (SSSR count). The normalized spacial score (nSPS) is 11.7. The number of nitrogens with two attached hydrogens (primary N) is 1. The summed E-state index contributed by atoms with van der Waals surface area (Å²) in [4.78, 5) is 16.5. The number of halogens is 3. The maximum absolute atomic E-state index is 13.0. The number of aromatic nitrogens is 2. The maximum Gasteiger partial charge on any atom is 0.416 e. The Morgan fingerprint density at radius 2 is 1.86 bits per heavy atom. The van der Waals surface area contributed by atoms with E-state index in [9.17, 15) is 18.0 Å². The maximum atomic E-state index is 13.0. The van der Waals surface area contributed by atoms with Crippen LogP contribution in [0.25, 0.3) is 27.5 Å². The van der Waals surface area contributed by atoms with Crippen LogP contribution in [0.3, 0.4) is 0 Å². The first kappa shape index (κ1) is 18.5. The standard InChI is InChI=1S/C20H14F3N5O/c21-20(22,23)11-5-6-13-15(9-11)26-8-7-17(13)28-10-14(18(29)27-19(24)25)12-3-1-2-4-16(12)28/h1-10H,(H4,24,25,27,29). The Bertz CT molecular complexity index is 1280. The van der Waals surface area contributed by atoms with Crippen molar-refractivity contribution < 1.29 is 18.0 Å². The molecule has 0 aliphatic carbocycles. The van der Waals surface area contributed by atoms with Gasteiger partial charge in [-0.3, -0.25) is 20.5 Å². The number of carbonyl (C=O) groups excluding carboxylic acids is 1. The molecule has 0 unspecified atom stereocenters. The number of para-hydroxylation sites is 1. The summed E-state index contributed by atoms with van der Waals surface area (Å²) in [7, 11) is 0. The molecule has 0 saturated heterocycles. The molecular weight excluding hydrogens is 383 g/mol. The molecule has 0 bridgehead atoms. The molecule has 6 nitrogen and oxygen atoms in total. The molecule has 146 valence electrons. The summed E-state index contributed by atoms with van der Waals surface area (Å²) in [5.41, 5.74) is 6.19. The van der Waals surface area contributed by atoms with Crippen molar-refractivity contribution in [3.63, 3.8) is 0 Å². The number of benzene rings is 2. The molecule has 0 fully saturated rings. The molecule has 0 atom stereocenters. The fourth-order valence-electron chi connectivity index (χ4n) is 3.27. The molecule has 4 N–H and O–H groups in total. The highest BCUT2D eigenvalue weighted by Gasteiger charge is 2.30. The molecule has 2 aromatic heterocycles. The predicted octanol–water partition coefficient (Wildman–Crippen LogP) is 3.82. The predicted molar refractivity (Wildman–Crippen MR) is 103 cm³/mol. The summed E-state index contributed by atoms with van der Waals surface area (Å²) >= 11 is 0. The Kier molecular flexibility index (Phi) is 4.22. The van der Waals surface area contributed by atoms with E-state index in [0.717, 1.165) is 12.1 Å². The van der Waals surface area contributed by atoms with Crippen LogP contribution in [-0.4, -0.2) is 21.4 Å². The van der Waals surface area contributed by atoms with Crippen LogP contribution in [0.5, 0.6) is 0 Å². The van der Waals surface area contributed by atoms with E-state index in [0.29, 0.717) is 22.0 Å². The van der Waals surface area contributed by atoms with Crippen LogP contribution in [0.4, 0.5) is 13.2 Å². The van der Waals surface area contributed by atoms with Crippen molar-refractivity contribution in [2.24, 2.45) is 5.73 Å². The van der Waals surface area contributed by atoms with Crippen LogP contribution in [0.2, 0.25) is 0 Å². The van der Waals surface area contributed by atoms with Gasteiger partial charge in [0.2, 0.25) is 0 Å². The van der Waals surface area contributed by atoms with Crippen molar-refractivity contribution in [1.82, 2.24) is 14.9 Å². The van der Waals surface area contributed by atoms with E-state index in [4.69, 9.17) is 11.1 Å². The summed E-state index contributed by atoms with van der Waals surface area (Å²) in [6.07, 6.45) is -1.48. The van der Waals surface area contributed by atoms with Gasteiger partial charge in [-0.25, -0.2) is 0 Å². The first-order valence-corrected chi connectivity index (χ1v) is 8.47. The van der Waals surface area contributed by atoms with Crippen molar-refractivity contribution in [2.45, 2.75) is 6.18 Å². The van der Waals surface area contributed by atoms with Crippen molar-refractivity contribution in [1.29, 1.82) is 5.41 Å². The zero-order valence-electron chi connectivity index (χ0n) is 14.8. The fourth-order valence-corrected chi connectivity index (χ4v) is 3.27. The molecule has 0 spiro atoms. The number of nitrogens with one attached hydrogen (secondary N) is 2. The van der Waals surface area contributed by atoms with Crippen LogP contribution in [0.15, 0.2) is 60.9 Å². The zero-order valence-corrected chi connectivity index (χ0v) is 14.8. The number of hydrogen-bond donors (Lipinski definition) is 3. The van der Waals surface area contributed by atoms with E-state index in [1.165, 1.54) is 12.3 Å². The van der Waals surface area contributed by atoms with Gasteiger partial charge in [-0.1, -0.05) is 24.3 Å². The van der Waals surface area contributed by atoms with Crippen LogP contribution < -0.4 is 11.1 Å². The lowest BCUT2D eigenvalue weighted by Gasteiger charge is -2.11. The summed E-state index contributed by atoms with van der Waals surface area (Å²) < 4.78 is 40.8. The topological polar surface area (TPSA) is 96.8 Å². The Hall–Kier alpha value is -3.88. The first-order valence-electron chi connectivity index (χ1n) is 8.47. The van der Waals surface area contributed by atoms with Gasteiger partial charge >= 0.3 is 6.18 Å². The molecule has 2 aromatic carbocycles. The molecule has 0 radical (unpaired) electrons. The van der Waals surface area contributed by atoms with Crippen molar-refractivity contribution in [2.75, 3.05) is 0 Å². The molecule has 4 aromatic rings. The van der Waals surface area contributed by atoms with Crippen LogP contribution in [0.1, 0.15) is 15.9 Å². The number of alkyl halides is 3. The number of nitrogens with zero attached hydrogens (tertiary/aromatic N) is 2. The van der Waals surface area contributed by atoms with Crippen LogP contribution >= 0.6 is 0 Å². The number of hydrogen-bond acceptors (Lipinski definition) is 3. The Morgan fingerprint density at radius 1 is 1.10 bits per heavy atom. The minimum absolute atomic E-state index is 0.185. The van der Waals surface area contributed by atoms with Gasteiger partial charge in [0.25, 0.3) is 5.91 Å². The lowest BCUT2D eigenvalue weighted by molar-refractivity contribution is -0.137. The van der Waals surface area contributed by atoms with Gasteiger partial charge in [-0.05, 0) is 24.3 Å². The van der Waals surface area contributed by atoms with Crippen LogP contribution in [0, 0.1) is 5.41 Å². The average Bonchev–Trinajstić information content (AvgIpc) is 3.05. The molecule has 0 aliphatic rings. The molecule has 29 heavy (non-hydrogen) atoms. The largest absolute Gasteiger partial charge is 0.416 e. The number of pyridine rings is 1. The number of carbonyl (C=O) groups is 1. The zero-order chi connectivity index (χ0) is 20.8. The molecule has 2 heterocycles. The molecule has 1 amide bonds. The highest BCUT2D eigenvalue weighted by Crippen LogP contribution is 2.33. The monoisotopic (exact) mass is 397 g/mol. The second-order valence-corrected chi connectivity index (χ2v) is 6.36. The average molecular weight is 397 g/mol. The fraction of sp³-hybridized carbons (Fsp3) is 0.0500. The molecule has 0 aliphatic heterocycles. The van der Waals surface area contributed by atoms with E-state index in [2.05, 4.69) is 10.3 Å². The van der Waals surface area contributed by atoms with Crippen molar-refractivity contribution in [3.05, 3.63) is 72.1 Å². The smallest absolute Gasteiger partial charge is 0.370 e. The van der Waals surface area contributed by atoms with E-state index in [1.54, 1.807) is 41.1 Å². The van der Waals surface area contributed by atoms with E-state index in [-0.39, 0.29) is 11.1 Å². The van der Waals surface area contributed by atoms with Gasteiger partial charge < -0.3 is 10.3 Å². The minimum Gasteiger partial charge on any atom is -0.370 e. The van der Waals surface area contributed by atoms with Gasteiger partial charge in [0.05, 0.1) is 27.8 Å². The summed E-state index contributed by atoms with van der Waals surface area (Å²) in [6.45, 7) is 0. The third-order valence-corrected chi connectivity index (χ3v) is 4.51. The highest BCUT2D eigenvalue weighted by molar-refractivity contribution is 6.12. The van der Waals surface area contributed by atoms with Gasteiger partial charge in [0, 0.05) is 23.2 Å². The molecule has 0 saturated carbocycles. The van der Waals surface area contributed by atoms with Crippen molar-refractivity contribution >= 4 is 33.7 Å². The van der Waals surface area contributed by atoms with E-state index in [1.807, 2.05) is 0 Å². The van der Waals surface area contributed by atoms with E-state index >= 15 is 0 Å². The van der Waals surface area contributed by atoms with Gasteiger partial charge in [-0.2, -0.15) is 13.2 Å². The van der Waals surface area contributed by atoms with Gasteiger partial charge in [0.15, 0.2) is 5.96 Å². The Balaban J connectivity index is 1.94. The van der Waals surface area contributed by atoms with Gasteiger partial charge in [0.1, 0.15) is 0 Å². The van der Waals surface area contributed by atoms with Crippen LogP contribution in [-0.2, 0) is 6.18 Å². The number of fused-ring (bicyclic) bond motifs is 2. The number of amides is 1. The second-order valence-electron chi connectivity index (χ2n) is 6.36. The first-order chi connectivity index (χ1) is 13.8. The lowest BCUT2D eigenvalue weighted by atomic mass is 10.1. The van der Waals surface area contributed by atoms with Crippen molar-refractivity contribution in [3.8, 4) is 5.69 Å². The highest BCUT2D eigenvalue weighted by atomic mass is 19.4. The minimum atomic E-state index is -4.47.